The summed E-state index contributed by atoms with van der Waals surface area (Å²) in [7, 11) is 3.12. The predicted octanol–water partition coefficient (Wildman–Crippen LogP) is 2.68. The van der Waals surface area contributed by atoms with Gasteiger partial charge in [-0.05, 0) is 36.2 Å². The number of amides is 1. The zero-order valence-electron chi connectivity index (χ0n) is 13.9. The average Bonchev–Trinajstić information content (AvgIpc) is 2.65. The van der Waals surface area contributed by atoms with Gasteiger partial charge in [-0.1, -0.05) is 18.2 Å². The molecule has 5 nitrogen and oxygen atoms in total. The van der Waals surface area contributed by atoms with Crippen LogP contribution in [-0.4, -0.2) is 33.3 Å². The molecule has 2 aromatic rings. The van der Waals surface area contributed by atoms with Crippen LogP contribution < -0.4 is 19.5 Å². The minimum absolute atomic E-state index is 0.130. The molecule has 0 fully saturated rings. The Morgan fingerprint density at radius 2 is 1.96 bits per heavy atom. The first-order valence-electron chi connectivity index (χ1n) is 7.92. The number of hydrogen-bond acceptors (Lipinski definition) is 4. The van der Waals surface area contributed by atoms with Gasteiger partial charge in [0, 0.05) is 18.0 Å². The van der Waals surface area contributed by atoms with E-state index in [0.717, 1.165) is 12.2 Å². The summed E-state index contributed by atoms with van der Waals surface area (Å²) < 4.78 is 16.2. The molecule has 24 heavy (non-hydrogen) atoms. The topological polar surface area (TPSA) is 56.8 Å². The molecule has 1 amide bonds. The van der Waals surface area contributed by atoms with Crippen LogP contribution in [0.15, 0.2) is 42.5 Å². The summed E-state index contributed by atoms with van der Waals surface area (Å²) in [6.07, 6.45) is 0.905. The van der Waals surface area contributed by atoms with Crippen molar-refractivity contribution in [2.45, 2.75) is 6.42 Å². The second kappa shape index (κ2) is 7.25. The molecule has 0 bridgehead atoms. The molecular weight excluding hydrogens is 306 g/mol. The van der Waals surface area contributed by atoms with Crippen molar-refractivity contribution in [3.8, 4) is 17.2 Å². The number of fused-ring (bicyclic) bond motifs is 1. The summed E-state index contributed by atoms with van der Waals surface area (Å²) in [5.74, 6) is 2.23. The van der Waals surface area contributed by atoms with E-state index in [-0.39, 0.29) is 11.8 Å². The standard InChI is InChI=1S/C19H21NO4/c1-22-17-8-7-15(10-18(17)23-2)19(21)20-11-13-9-14-5-3-4-6-16(14)24-12-13/h3-8,10,13H,9,11-12H2,1-2H3,(H,20,21)/t13-/m0/s1. The molecule has 0 aliphatic carbocycles. The van der Waals surface area contributed by atoms with Crippen molar-refractivity contribution in [1.29, 1.82) is 0 Å². The first-order valence-corrected chi connectivity index (χ1v) is 7.92. The van der Waals surface area contributed by atoms with Crippen LogP contribution in [0.25, 0.3) is 0 Å². The molecule has 0 spiro atoms. The lowest BCUT2D eigenvalue weighted by Crippen LogP contribution is -2.34. The van der Waals surface area contributed by atoms with E-state index in [9.17, 15) is 4.79 Å². The molecule has 1 aliphatic heterocycles. The zero-order valence-corrected chi connectivity index (χ0v) is 13.9. The van der Waals surface area contributed by atoms with Gasteiger partial charge in [0.2, 0.25) is 0 Å². The van der Waals surface area contributed by atoms with Crippen molar-refractivity contribution in [1.82, 2.24) is 5.32 Å². The van der Waals surface area contributed by atoms with Crippen LogP contribution in [0.2, 0.25) is 0 Å². The lowest BCUT2D eigenvalue weighted by atomic mass is 9.96. The van der Waals surface area contributed by atoms with Crippen LogP contribution in [-0.2, 0) is 6.42 Å². The summed E-state index contributed by atoms with van der Waals surface area (Å²) in [5.41, 5.74) is 1.74. The van der Waals surface area contributed by atoms with Crippen molar-refractivity contribution < 1.29 is 19.0 Å². The summed E-state index contributed by atoms with van der Waals surface area (Å²) >= 11 is 0. The molecule has 3 rings (SSSR count). The number of rotatable bonds is 5. The van der Waals surface area contributed by atoms with E-state index in [1.165, 1.54) is 5.56 Å². The van der Waals surface area contributed by atoms with Crippen LogP contribution >= 0.6 is 0 Å². The lowest BCUT2D eigenvalue weighted by Gasteiger charge is -2.25. The Balaban J connectivity index is 1.60. The molecule has 126 valence electrons. The first kappa shape index (κ1) is 16.2. The van der Waals surface area contributed by atoms with Gasteiger partial charge in [0.05, 0.1) is 20.8 Å². The van der Waals surface area contributed by atoms with E-state index in [0.29, 0.717) is 30.2 Å². The molecule has 2 aromatic carbocycles. The highest BCUT2D eigenvalue weighted by Crippen LogP contribution is 2.28. The van der Waals surface area contributed by atoms with E-state index in [2.05, 4.69) is 11.4 Å². The number of para-hydroxylation sites is 1. The Morgan fingerprint density at radius 1 is 1.17 bits per heavy atom. The molecule has 0 saturated heterocycles. The maximum absolute atomic E-state index is 12.4. The van der Waals surface area contributed by atoms with Gasteiger partial charge in [-0.2, -0.15) is 0 Å². The molecule has 0 aromatic heterocycles. The minimum atomic E-state index is -0.130. The van der Waals surface area contributed by atoms with E-state index in [4.69, 9.17) is 14.2 Å². The quantitative estimate of drug-likeness (QED) is 0.917. The largest absolute Gasteiger partial charge is 0.493 e. The fourth-order valence-electron chi connectivity index (χ4n) is 2.84. The van der Waals surface area contributed by atoms with Gasteiger partial charge >= 0.3 is 0 Å². The van der Waals surface area contributed by atoms with Gasteiger partial charge in [-0.3, -0.25) is 4.79 Å². The van der Waals surface area contributed by atoms with E-state index >= 15 is 0 Å². The smallest absolute Gasteiger partial charge is 0.251 e. The van der Waals surface area contributed by atoms with Gasteiger partial charge in [0.1, 0.15) is 5.75 Å². The number of carbonyl (C=O) groups excluding carboxylic acids is 1. The number of methoxy groups -OCH3 is 2. The van der Waals surface area contributed by atoms with Crippen molar-refractivity contribution in [2.75, 3.05) is 27.4 Å². The van der Waals surface area contributed by atoms with Gasteiger partial charge < -0.3 is 19.5 Å². The predicted molar refractivity (Wildman–Crippen MR) is 91.0 cm³/mol. The number of ether oxygens (including phenoxy) is 3. The summed E-state index contributed by atoms with van der Waals surface area (Å²) in [5, 5.41) is 2.97. The summed E-state index contributed by atoms with van der Waals surface area (Å²) in [4.78, 5) is 12.4. The number of hydrogen-bond donors (Lipinski definition) is 1. The number of nitrogens with one attached hydrogen (secondary N) is 1. The fourth-order valence-corrected chi connectivity index (χ4v) is 2.84. The molecular formula is C19H21NO4. The maximum Gasteiger partial charge on any atom is 0.251 e. The Morgan fingerprint density at radius 3 is 2.75 bits per heavy atom. The third-order valence-corrected chi connectivity index (χ3v) is 4.15. The normalized spacial score (nSPS) is 15.8. The monoisotopic (exact) mass is 327 g/mol. The lowest BCUT2D eigenvalue weighted by molar-refractivity contribution is 0.0938. The molecule has 1 atom stereocenters. The van der Waals surface area contributed by atoms with Crippen molar-refractivity contribution in [2.24, 2.45) is 5.92 Å². The third kappa shape index (κ3) is 3.45. The Bertz CT molecular complexity index is 729. The van der Waals surface area contributed by atoms with Crippen molar-refractivity contribution in [3.63, 3.8) is 0 Å². The fraction of sp³-hybridized carbons (Fsp3) is 0.316. The van der Waals surface area contributed by atoms with Crippen LogP contribution in [0.3, 0.4) is 0 Å². The Kier molecular flexibility index (Phi) is 4.89. The van der Waals surface area contributed by atoms with Gasteiger partial charge in [0.15, 0.2) is 11.5 Å². The molecule has 1 N–H and O–H groups in total. The van der Waals surface area contributed by atoms with E-state index in [1.54, 1.807) is 32.4 Å². The highest BCUT2D eigenvalue weighted by Gasteiger charge is 2.20. The second-order valence-corrected chi connectivity index (χ2v) is 5.77. The maximum atomic E-state index is 12.4. The molecule has 0 radical (unpaired) electrons. The number of carbonyl (C=O) groups is 1. The van der Waals surface area contributed by atoms with Crippen LogP contribution in [0.1, 0.15) is 15.9 Å². The zero-order chi connectivity index (χ0) is 16.9. The Labute approximate surface area is 141 Å². The molecule has 1 aliphatic rings. The highest BCUT2D eigenvalue weighted by molar-refractivity contribution is 5.94. The third-order valence-electron chi connectivity index (χ3n) is 4.15. The molecule has 1 heterocycles. The number of benzene rings is 2. The minimum Gasteiger partial charge on any atom is -0.493 e. The summed E-state index contributed by atoms with van der Waals surface area (Å²) in [6.45, 7) is 1.19. The highest BCUT2D eigenvalue weighted by atomic mass is 16.5. The van der Waals surface area contributed by atoms with Gasteiger partial charge in [-0.25, -0.2) is 0 Å². The Hall–Kier alpha value is -2.69. The van der Waals surface area contributed by atoms with Crippen molar-refractivity contribution in [3.05, 3.63) is 53.6 Å². The SMILES string of the molecule is COc1ccc(C(=O)NC[C@H]2COc3ccccc3C2)cc1OC. The van der Waals surface area contributed by atoms with E-state index in [1.807, 2.05) is 18.2 Å². The van der Waals surface area contributed by atoms with Gasteiger partial charge in [-0.15, -0.1) is 0 Å². The average molecular weight is 327 g/mol. The molecule has 0 unspecified atom stereocenters. The summed E-state index contributed by atoms with van der Waals surface area (Å²) in [6, 6.07) is 13.2. The molecule has 5 heteroatoms. The molecule has 0 saturated carbocycles. The second-order valence-electron chi connectivity index (χ2n) is 5.77. The van der Waals surface area contributed by atoms with Crippen LogP contribution in [0, 0.1) is 5.92 Å². The first-order chi connectivity index (χ1) is 11.7. The van der Waals surface area contributed by atoms with Crippen LogP contribution in [0.5, 0.6) is 17.2 Å². The van der Waals surface area contributed by atoms with Crippen molar-refractivity contribution >= 4 is 5.91 Å². The van der Waals surface area contributed by atoms with E-state index < -0.39 is 0 Å². The van der Waals surface area contributed by atoms with Crippen LogP contribution in [0.4, 0.5) is 0 Å². The van der Waals surface area contributed by atoms with Gasteiger partial charge in [0.25, 0.3) is 5.91 Å².